The molecule has 0 aliphatic rings. The Bertz CT molecular complexity index is 1050. The summed E-state index contributed by atoms with van der Waals surface area (Å²) in [4.78, 5) is 16.6. The zero-order valence-corrected chi connectivity index (χ0v) is 17.3. The monoisotopic (exact) mass is 462 g/mol. The Labute approximate surface area is 172 Å². The zero-order chi connectivity index (χ0) is 20.0. The standard InChI is InChI=1S/C19H19BrN4O3S/c20-15-5-3-6-16(13-15)28(26,27)23-18-8-2-1-7-17(18)19(25)22-9-4-11-24-12-10-21-14-24/h1-3,5-8,10,12-14,23H,4,9,11H2,(H,22,25). The van der Waals surface area contributed by atoms with E-state index in [4.69, 9.17) is 0 Å². The first kappa shape index (κ1) is 20.1. The highest BCUT2D eigenvalue weighted by Gasteiger charge is 2.18. The lowest BCUT2D eigenvalue weighted by Crippen LogP contribution is -2.26. The van der Waals surface area contributed by atoms with Crippen molar-refractivity contribution >= 4 is 37.5 Å². The van der Waals surface area contributed by atoms with E-state index in [1.807, 2.05) is 10.8 Å². The second kappa shape index (κ2) is 9.03. The maximum atomic E-state index is 12.6. The number of hydrogen-bond donors (Lipinski definition) is 2. The molecule has 0 bridgehead atoms. The first-order chi connectivity index (χ1) is 13.5. The first-order valence-corrected chi connectivity index (χ1v) is 10.8. The van der Waals surface area contributed by atoms with Gasteiger partial charge in [0.05, 0.1) is 22.5 Å². The van der Waals surface area contributed by atoms with Gasteiger partial charge in [0.1, 0.15) is 0 Å². The number of para-hydroxylation sites is 1. The molecule has 1 heterocycles. The molecule has 0 unspecified atom stereocenters. The molecule has 28 heavy (non-hydrogen) atoms. The fourth-order valence-electron chi connectivity index (χ4n) is 2.59. The van der Waals surface area contributed by atoms with E-state index in [9.17, 15) is 13.2 Å². The predicted octanol–water partition coefficient (Wildman–Crippen LogP) is 3.27. The molecule has 2 aromatic carbocycles. The van der Waals surface area contributed by atoms with Crippen LogP contribution < -0.4 is 10.0 Å². The Kier molecular flexibility index (Phi) is 6.48. The molecule has 0 saturated carbocycles. The molecule has 1 aromatic heterocycles. The highest BCUT2D eigenvalue weighted by molar-refractivity contribution is 9.10. The Morgan fingerprint density at radius 3 is 2.71 bits per heavy atom. The summed E-state index contributed by atoms with van der Waals surface area (Å²) in [7, 11) is -3.82. The van der Waals surface area contributed by atoms with Crippen molar-refractivity contribution in [3.05, 3.63) is 77.3 Å². The molecular formula is C19H19BrN4O3S. The van der Waals surface area contributed by atoms with Gasteiger partial charge in [0.25, 0.3) is 15.9 Å². The van der Waals surface area contributed by atoms with Gasteiger partial charge in [0, 0.05) is 30.0 Å². The van der Waals surface area contributed by atoms with Crippen LogP contribution in [0.15, 0.2) is 76.6 Å². The fraction of sp³-hybridized carbons (Fsp3) is 0.158. The van der Waals surface area contributed by atoms with Crippen LogP contribution in [0.4, 0.5) is 5.69 Å². The molecule has 0 aliphatic carbocycles. The summed E-state index contributed by atoms with van der Waals surface area (Å²) in [5.74, 6) is -0.335. The number of rotatable bonds is 8. The Hall–Kier alpha value is -2.65. The number of carbonyl (C=O) groups excluding carboxylic acids is 1. The second-order valence-electron chi connectivity index (χ2n) is 6.02. The summed E-state index contributed by atoms with van der Waals surface area (Å²) in [5.41, 5.74) is 0.498. The lowest BCUT2D eigenvalue weighted by Gasteiger charge is -2.13. The van der Waals surface area contributed by atoms with Gasteiger partial charge in [0.15, 0.2) is 0 Å². The number of anilines is 1. The Morgan fingerprint density at radius 1 is 1.14 bits per heavy atom. The van der Waals surface area contributed by atoms with Gasteiger partial charge in [-0.1, -0.05) is 34.1 Å². The van der Waals surface area contributed by atoms with Gasteiger partial charge in [-0.05, 0) is 36.8 Å². The molecule has 146 valence electrons. The lowest BCUT2D eigenvalue weighted by molar-refractivity contribution is 0.0953. The van der Waals surface area contributed by atoms with Crippen LogP contribution in [-0.4, -0.2) is 30.4 Å². The van der Waals surface area contributed by atoms with Crippen molar-refractivity contribution in [1.82, 2.24) is 14.9 Å². The molecular weight excluding hydrogens is 444 g/mol. The van der Waals surface area contributed by atoms with Crippen LogP contribution in [0.2, 0.25) is 0 Å². The SMILES string of the molecule is O=C(NCCCn1ccnc1)c1ccccc1NS(=O)(=O)c1cccc(Br)c1. The average Bonchev–Trinajstić information content (AvgIpc) is 3.19. The van der Waals surface area contributed by atoms with Crippen LogP contribution in [0, 0.1) is 0 Å². The molecule has 0 saturated heterocycles. The molecule has 2 N–H and O–H groups in total. The van der Waals surface area contributed by atoms with Crippen molar-refractivity contribution in [3.63, 3.8) is 0 Å². The highest BCUT2D eigenvalue weighted by Crippen LogP contribution is 2.22. The summed E-state index contributed by atoms with van der Waals surface area (Å²) in [6.45, 7) is 1.20. The van der Waals surface area contributed by atoms with Crippen LogP contribution in [0.5, 0.6) is 0 Å². The smallest absolute Gasteiger partial charge is 0.261 e. The number of imidazole rings is 1. The van der Waals surface area contributed by atoms with Crippen LogP contribution >= 0.6 is 15.9 Å². The van der Waals surface area contributed by atoms with Crippen molar-refractivity contribution in [2.45, 2.75) is 17.9 Å². The zero-order valence-electron chi connectivity index (χ0n) is 14.9. The summed E-state index contributed by atoms with van der Waals surface area (Å²) in [5, 5.41) is 2.82. The van der Waals surface area contributed by atoms with Gasteiger partial charge in [-0.15, -0.1) is 0 Å². The summed E-state index contributed by atoms with van der Waals surface area (Å²) in [6, 6.07) is 12.9. The van der Waals surface area contributed by atoms with Crippen molar-refractivity contribution in [2.24, 2.45) is 0 Å². The number of halogens is 1. The van der Waals surface area contributed by atoms with E-state index in [1.54, 1.807) is 48.9 Å². The molecule has 0 fully saturated rings. The molecule has 1 amide bonds. The van der Waals surface area contributed by atoms with Crippen LogP contribution in [0.3, 0.4) is 0 Å². The summed E-state index contributed by atoms with van der Waals surface area (Å²) in [6.07, 6.45) is 6.00. The van der Waals surface area contributed by atoms with Crippen molar-refractivity contribution in [2.75, 3.05) is 11.3 Å². The molecule has 9 heteroatoms. The third kappa shape index (κ3) is 5.20. The largest absolute Gasteiger partial charge is 0.352 e. The number of aromatic nitrogens is 2. The van der Waals surface area contributed by atoms with Crippen molar-refractivity contribution in [3.8, 4) is 0 Å². The number of nitrogens with one attached hydrogen (secondary N) is 2. The molecule has 0 radical (unpaired) electrons. The quantitative estimate of drug-likeness (QED) is 0.502. The summed E-state index contributed by atoms with van der Waals surface area (Å²) >= 11 is 3.27. The van der Waals surface area contributed by atoms with E-state index in [-0.39, 0.29) is 22.1 Å². The number of carbonyl (C=O) groups is 1. The predicted molar refractivity (Wildman–Crippen MR) is 111 cm³/mol. The normalized spacial score (nSPS) is 11.2. The maximum Gasteiger partial charge on any atom is 0.261 e. The lowest BCUT2D eigenvalue weighted by atomic mass is 10.1. The summed E-state index contributed by atoms with van der Waals surface area (Å²) < 4.78 is 30.4. The van der Waals surface area contributed by atoms with Gasteiger partial charge < -0.3 is 9.88 Å². The number of nitrogens with zero attached hydrogens (tertiary/aromatic N) is 2. The highest BCUT2D eigenvalue weighted by atomic mass is 79.9. The number of sulfonamides is 1. The molecule has 3 rings (SSSR count). The van der Waals surface area contributed by atoms with Gasteiger partial charge in [-0.25, -0.2) is 13.4 Å². The van der Waals surface area contributed by atoms with Crippen LogP contribution in [0.1, 0.15) is 16.8 Å². The van der Waals surface area contributed by atoms with Gasteiger partial charge >= 0.3 is 0 Å². The van der Waals surface area contributed by atoms with E-state index in [2.05, 4.69) is 31.0 Å². The minimum atomic E-state index is -3.82. The maximum absolute atomic E-state index is 12.6. The topological polar surface area (TPSA) is 93.1 Å². The first-order valence-electron chi connectivity index (χ1n) is 8.57. The van der Waals surface area contributed by atoms with E-state index in [0.717, 1.165) is 13.0 Å². The number of aryl methyl sites for hydroxylation is 1. The van der Waals surface area contributed by atoms with Crippen molar-refractivity contribution < 1.29 is 13.2 Å². The third-order valence-electron chi connectivity index (χ3n) is 3.96. The van der Waals surface area contributed by atoms with Gasteiger partial charge in [-0.3, -0.25) is 9.52 Å². The number of amides is 1. The molecule has 3 aromatic rings. The van der Waals surface area contributed by atoms with Gasteiger partial charge in [0.2, 0.25) is 0 Å². The van der Waals surface area contributed by atoms with E-state index < -0.39 is 10.0 Å². The third-order valence-corrected chi connectivity index (χ3v) is 5.82. The minimum Gasteiger partial charge on any atom is -0.352 e. The number of benzene rings is 2. The van der Waals surface area contributed by atoms with E-state index >= 15 is 0 Å². The molecule has 0 aliphatic heterocycles. The Morgan fingerprint density at radius 2 is 1.96 bits per heavy atom. The number of hydrogen-bond acceptors (Lipinski definition) is 4. The van der Waals surface area contributed by atoms with Gasteiger partial charge in [-0.2, -0.15) is 0 Å². The van der Waals surface area contributed by atoms with Crippen LogP contribution in [-0.2, 0) is 16.6 Å². The fourth-order valence-corrected chi connectivity index (χ4v) is 4.26. The second-order valence-corrected chi connectivity index (χ2v) is 8.62. The minimum absolute atomic E-state index is 0.109. The van der Waals surface area contributed by atoms with Crippen LogP contribution in [0.25, 0.3) is 0 Å². The molecule has 0 atom stereocenters. The van der Waals surface area contributed by atoms with E-state index in [1.165, 1.54) is 12.1 Å². The van der Waals surface area contributed by atoms with E-state index in [0.29, 0.717) is 11.0 Å². The average molecular weight is 463 g/mol. The molecule has 7 nitrogen and oxygen atoms in total. The molecule has 0 spiro atoms. The Balaban J connectivity index is 1.67. The van der Waals surface area contributed by atoms with Crippen molar-refractivity contribution in [1.29, 1.82) is 0 Å².